The summed E-state index contributed by atoms with van der Waals surface area (Å²) in [6.07, 6.45) is -5.64. The Balaban J connectivity index is 2.77. The van der Waals surface area contributed by atoms with Crippen molar-refractivity contribution >= 4 is 25.7 Å². The molecule has 1 aromatic rings. The number of hydrogen-bond acceptors (Lipinski definition) is 5. The minimum atomic E-state index is -4.95. The number of para-hydroxylation sites is 1. The molecule has 5 nitrogen and oxygen atoms in total. The standard InChI is InChI=1S/C12H10ClF3O5S/c1-7(17)21-11(12(14,15)16)5-6-20-10-8(11)3-2-4-9(10)22(13,18)19/h2-4H,5-6H2,1H3. The van der Waals surface area contributed by atoms with Crippen LogP contribution in [0.1, 0.15) is 18.9 Å². The lowest BCUT2D eigenvalue weighted by Crippen LogP contribution is -2.49. The summed E-state index contributed by atoms with van der Waals surface area (Å²) in [6.45, 7) is 0.355. The summed E-state index contributed by atoms with van der Waals surface area (Å²) in [4.78, 5) is 10.5. The number of fused-ring (bicyclic) bond motifs is 1. The van der Waals surface area contributed by atoms with E-state index < -0.39 is 56.0 Å². The van der Waals surface area contributed by atoms with E-state index in [1.807, 2.05) is 0 Å². The van der Waals surface area contributed by atoms with Gasteiger partial charge in [0, 0.05) is 29.6 Å². The first kappa shape index (κ1) is 16.9. The number of alkyl halides is 3. The van der Waals surface area contributed by atoms with Gasteiger partial charge >= 0.3 is 12.1 Å². The van der Waals surface area contributed by atoms with Gasteiger partial charge in [-0.3, -0.25) is 4.79 Å². The lowest BCUT2D eigenvalue weighted by atomic mass is 9.87. The molecule has 0 radical (unpaired) electrons. The average molecular weight is 359 g/mol. The van der Waals surface area contributed by atoms with Gasteiger partial charge < -0.3 is 9.47 Å². The highest BCUT2D eigenvalue weighted by Gasteiger charge is 2.62. The van der Waals surface area contributed by atoms with Gasteiger partial charge in [-0.05, 0) is 6.07 Å². The van der Waals surface area contributed by atoms with Gasteiger partial charge in [0.2, 0.25) is 5.60 Å². The molecule has 10 heteroatoms. The molecular weight excluding hydrogens is 349 g/mol. The number of halogens is 4. The molecule has 0 N–H and O–H groups in total. The molecule has 122 valence electrons. The largest absolute Gasteiger partial charge is 0.492 e. The van der Waals surface area contributed by atoms with E-state index in [2.05, 4.69) is 4.74 Å². The summed E-state index contributed by atoms with van der Waals surface area (Å²) in [5.41, 5.74) is -3.56. The molecule has 2 rings (SSSR count). The highest BCUT2D eigenvalue weighted by atomic mass is 35.7. The van der Waals surface area contributed by atoms with Crippen LogP contribution in [0, 0.1) is 0 Å². The van der Waals surface area contributed by atoms with E-state index in [1.54, 1.807) is 0 Å². The molecule has 22 heavy (non-hydrogen) atoms. The fourth-order valence-corrected chi connectivity index (χ4v) is 3.31. The lowest BCUT2D eigenvalue weighted by molar-refractivity contribution is -0.283. The molecule has 1 atom stereocenters. The number of carbonyl (C=O) groups is 1. The first-order chi connectivity index (χ1) is 9.99. The van der Waals surface area contributed by atoms with Gasteiger partial charge in [-0.2, -0.15) is 13.2 Å². The zero-order chi connectivity index (χ0) is 16.8. The van der Waals surface area contributed by atoms with E-state index in [4.69, 9.17) is 15.4 Å². The molecule has 0 saturated carbocycles. The van der Waals surface area contributed by atoms with Gasteiger partial charge in [0.1, 0.15) is 10.6 Å². The fraction of sp³-hybridized carbons (Fsp3) is 0.417. The van der Waals surface area contributed by atoms with Crippen LogP contribution in [-0.2, 0) is 24.2 Å². The molecule has 0 aliphatic carbocycles. The third kappa shape index (κ3) is 2.74. The van der Waals surface area contributed by atoms with Crippen molar-refractivity contribution in [3.63, 3.8) is 0 Å². The second-order valence-corrected chi connectivity index (χ2v) is 7.12. The van der Waals surface area contributed by atoms with Crippen LogP contribution >= 0.6 is 10.7 Å². The molecular formula is C12H10ClF3O5S. The Bertz CT molecular complexity index is 716. The smallest absolute Gasteiger partial charge is 0.433 e. The Morgan fingerprint density at radius 2 is 2.05 bits per heavy atom. The minimum Gasteiger partial charge on any atom is -0.492 e. The summed E-state index contributed by atoms with van der Waals surface area (Å²) >= 11 is 0. The zero-order valence-corrected chi connectivity index (χ0v) is 12.7. The van der Waals surface area contributed by atoms with Gasteiger partial charge in [0.05, 0.1) is 6.61 Å². The van der Waals surface area contributed by atoms with E-state index in [9.17, 15) is 26.4 Å². The summed E-state index contributed by atoms with van der Waals surface area (Å²) in [7, 11) is 0.883. The Hall–Kier alpha value is -1.48. The number of benzene rings is 1. The number of ether oxygens (including phenoxy) is 2. The second-order valence-electron chi connectivity index (χ2n) is 4.59. The Morgan fingerprint density at radius 1 is 1.41 bits per heavy atom. The molecule has 0 bridgehead atoms. The normalized spacial score (nSPS) is 21.7. The van der Waals surface area contributed by atoms with Crippen molar-refractivity contribution < 1.29 is 35.9 Å². The molecule has 1 unspecified atom stereocenters. The predicted molar refractivity (Wildman–Crippen MR) is 69.1 cm³/mol. The minimum absolute atomic E-state index is 0.483. The Labute approximate surface area is 128 Å². The van der Waals surface area contributed by atoms with Gasteiger partial charge in [-0.25, -0.2) is 8.42 Å². The quantitative estimate of drug-likeness (QED) is 0.600. The number of rotatable bonds is 2. The van der Waals surface area contributed by atoms with Crippen molar-refractivity contribution in [2.45, 2.75) is 30.0 Å². The summed E-state index contributed by atoms with van der Waals surface area (Å²) in [6, 6.07) is 3.09. The first-order valence-electron chi connectivity index (χ1n) is 5.96. The van der Waals surface area contributed by atoms with Crippen molar-refractivity contribution in [3.8, 4) is 5.75 Å². The molecule has 1 aliphatic rings. The number of carbonyl (C=O) groups excluding carboxylic acids is 1. The highest BCUT2D eigenvalue weighted by Crippen LogP contribution is 2.52. The summed E-state index contributed by atoms with van der Waals surface area (Å²) < 4.78 is 73.2. The van der Waals surface area contributed by atoms with Gasteiger partial charge in [0.15, 0.2) is 0 Å². The Kier molecular flexibility index (Phi) is 4.07. The van der Waals surface area contributed by atoms with Gasteiger partial charge in [0.25, 0.3) is 9.05 Å². The number of hydrogen-bond donors (Lipinski definition) is 0. The molecule has 1 heterocycles. The monoisotopic (exact) mass is 358 g/mol. The fourth-order valence-electron chi connectivity index (χ4n) is 2.31. The zero-order valence-electron chi connectivity index (χ0n) is 11.1. The molecule has 1 aliphatic heterocycles. The highest BCUT2D eigenvalue weighted by molar-refractivity contribution is 8.13. The van der Waals surface area contributed by atoms with E-state index in [0.717, 1.165) is 25.1 Å². The van der Waals surface area contributed by atoms with Crippen LogP contribution in [0.4, 0.5) is 13.2 Å². The summed E-state index contributed by atoms with van der Waals surface area (Å²) in [5, 5.41) is 0. The van der Waals surface area contributed by atoms with Crippen LogP contribution in [0.3, 0.4) is 0 Å². The third-order valence-corrected chi connectivity index (χ3v) is 4.50. The predicted octanol–water partition coefficient (Wildman–Crippen LogP) is 2.72. The molecule has 0 fully saturated rings. The number of esters is 1. The first-order valence-corrected chi connectivity index (χ1v) is 8.27. The summed E-state index contributed by atoms with van der Waals surface area (Å²) in [5.74, 6) is -1.70. The van der Waals surface area contributed by atoms with Crippen LogP contribution in [0.5, 0.6) is 5.75 Å². The van der Waals surface area contributed by atoms with Crippen LogP contribution in [0.2, 0.25) is 0 Å². The van der Waals surface area contributed by atoms with Gasteiger partial charge in [-0.15, -0.1) is 0 Å². The molecule has 0 aromatic heterocycles. The maximum atomic E-state index is 13.5. The van der Waals surface area contributed by atoms with Crippen molar-refractivity contribution in [1.82, 2.24) is 0 Å². The van der Waals surface area contributed by atoms with E-state index >= 15 is 0 Å². The van der Waals surface area contributed by atoms with E-state index in [0.29, 0.717) is 0 Å². The molecule has 0 spiro atoms. The van der Waals surface area contributed by atoms with Crippen LogP contribution in [-0.4, -0.2) is 27.2 Å². The van der Waals surface area contributed by atoms with Crippen LogP contribution in [0.15, 0.2) is 23.1 Å². The Morgan fingerprint density at radius 3 is 2.55 bits per heavy atom. The van der Waals surface area contributed by atoms with Crippen molar-refractivity contribution in [3.05, 3.63) is 23.8 Å². The third-order valence-electron chi connectivity index (χ3n) is 3.15. The molecule has 0 saturated heterocycles. The second kappa shape index (κ2) is 5.31. The van der Waals surface area contributed by atoms with Crippen molar-refractivity contribution in [1.29, 1.82) is 0 Å². The van der Waals surface area contributed by atoms with Crippen molar-refractivity contribution in [2.75, 3.05) is 6.61 Å². The van der Waals surface area contributed by atoms with E-state index in [1.165, 1.54) is 0 Å². The maximum absolute atomic E-state index is 13.5. The molecule has 1 aromatic carbocycles. The van der Waals surface area contributed by atoms with E-state index in [-0.39, 0.29) is 0 Å². The van der Waals surface area contributed by atoms with Crippen LogP contribution < -0.4 is 4.74 Å². The van der Waals surface area contributed by atoms with Crippen molar-refractivity contribution in [2.24, 2.45) is 0 Å². The topological polar surface area (TPSA) is 69.7 Å². The average Bonchev–Trinajstić information content (AvgIpc) is 2.35. The lowest BCUT2D eigenvalue weighted by Gasteiger charge is -2.39. The van der Waals surface area contributed by atoms with Crippen LogP contribution in [0.25, 0.3) is 0 Å². The van der Waals surface area contributed by atoms with Gasteiger partial charge in [-0.1, -0.05) is 12.1 Å². The molecule has 0 amide bonds. The maximum Gasteiger partial charge on any atom is 0.433 e. The SMILES string of the molecule is CC(=O)OC1(C(F)(F)F)CCOc2c1cccc2S(=O)(=O)Cl.